The Morgan fingerprint density at radius 2 is 1.82 bits per heavy atom. The van der Waals surface area contributed by atoms with Crippen LogP contribution in [0.5, 0.6) is 5.75 Å². The van der Waals surface area contributed by atoms with Crippen LogP contribution in [0.1, 0.15) is 39.0 Å². The summed E-state index contributed by atoms with van der Waals surface area (Å²) in [5.41, 5.74) is 0.491. The molecule has 22 heavy (non-hydrogen) atoms. The second-order valence-corrected chi connectivity index (χ2v) is 5.83. The molecule has 3 rings (SSSR count). The lowest BCUT2D eigenvalue weighted by molar-refractivity contribution is -0.134. The fraction of sp³-hybridized carbons (Fsp3) is 0.471. The third kappa shape index (κ3) is 2.51. The smallest absolute Gasteiger partial charge is 0.310 e. The van der Waals surface area contributed by atoms with E-state index in [-0.39, 0.29) is 36.0 Å². The molecule has 1 saturated heterocycles. The molecule has 1 aromatic rings. The number of amides is 2. The number of imide groups is 1. The van der Waals surface area contributed by atoms with Crippen molar-refractivity contribution < 1.29 is 19.1 Å². The van der Waals surface area contributed by atoms with Gasteiger partial charge < -0.3 is 4.74 Å². The van der Waals surface area contributed by atoms with Crippen molar-refractivity contribution in [3.63, 3.8) is 0 Å². The first-order valence-corrected chi connectivity index (χ1v) is 7.80. The van der Waals surface area contributed by atoms with Crippen LogP contribution in [-0.4, -0.2) is 17.8 Å². The van der Waals surface area contributed by atoms with Crippen molar-refractivity contribution in [3.05, 3.63) is 24.3 Å². The van der Waals surface area contributed by atoms with Crippen LogP contribution >= 0.6 is 0 Å². The summed E-state index contributed by atoms with van der Waals surface area (Å²) in [4.78, 5) is 37.7. The van der Waals surface area contributed by atoms with E-state index in [0.717, 1.165) is 25.7 Å². The van der Waals surface area contributed by atoms with Crippen LogP contribution in [0, 0.1) is 11.8 Å². The fourth-order valence-electron chi connectivity index (χ4n) is 3.31. The van der Waals surface area contributed by atoms with Gasteiger partial charge in [-0.2, -0.15) is 0 Å². The Morgan fingerprint density at radius 1 is 1.18 bits per heavy atom. The fourth-order valence-corrected chi connectivity index (χ4v) is 3.31. The minimum Gasteiger partial charge on any atom is -0.426 e. The molecule has 2 amide bonds. The predicted octanol–water partition coefficient (Wildman–Crippen LogP) is 2.68. The molecule has 0 spiro atoms. The van der Waals surface area contributed by atoms with E-state index >= 15 is 0 Å². The Morgan fingerprint density at radius 3 is 2.41 bits per heavy atom. The standard InChI is InChI=1S/C17H19NO4/c1-2-15(19)22-12-7-5-6-11(10-12)18-16(20)13-8-3-4-9-14(13)17(18)21/h5-7,10,13-14H,2-4,8-9H2,1H3. The van der Waals surface area contributed by atoms with Crippen molar-refractivity contribution in [3.8, 4) is 5.75 Å². The normalized spacial score (nSPS) is 24.3. The van der Waals surface area contributed by atoms with Gasteiger partial charge in [0.1, 0.15) is 5.75 Å². The summed E-state index contributed by atoms with van der Waals surface area (Å²) < 4.78 is 5.16. The topological polar surface area (TPSA) is 63.7 Å². The molecule has 1 saturated carbocycles. The molecule has 1 aromatic carbocycles. The number of fused-ring (bicyclic) bond motifs is 1. The summed E-state index contributed by atoms with van der Waals surface area (Å²) in [6.45, 7) is 1.71. The number of nitrogens with zero attached hydrogens (tertiary/aromatic N) is 1. The molecule has 5 nitrogen and oxygen atoms in total. The van der Waals surface area contributed by atoms with E-state index in [1.807, 2.05) is 0 Å². The first kappa shape index (κ1) is 14.8. The van der Waals surface area contributed by atoms with Crippen molar-refractivity contribution in [2.24, 2.45) is 11.8 Å². The predicted molar refractivity (Wildman–Crippen MR) is 80.3 cm³/mol. The summed E-state index contributed by atoms with van der Waals surface area (Å²) in [5.74, 6) is -0.571. The highest BCUT2D eigenvalue weighted by atomic mass is 16.5. The molecule has 2 unspecified atom stereocenters. The Bertz CT molecular complexity index is 601. The van der Waals surface area contributed by atoms with Crippen LogP contribution < -0.4 is 9.64 Å². The van der Waals surface area contributed by atoms with E-state index in [9.17, 15) is 14.4 Å². The van der Waals surface area contributed by atoms with Gasteiger partial charge in [-0.3, -0.25) is 14.4 Å². The molecule has 0 aromatic heterocycles. The van der Waals surface area contributed by atoms with Crippen LogP contribution in [0.15, 0.2) is 24.3 Å². The van der Waals surface area contributed by atoms with Gasteiger partial charge in [0.15, 0.2) is 0 Å². The molecule has 0 N–H and O–H groups in total. The molecule has 1 aliphatic carbocycles. The summed E-state index contributed by atoms with van der Waals surface area (Å²) in [5, 5.41) is 0. The summed E-state index contributed by atoms with van der Waals surface area (Å²) in [6, 6.07) is 6.63. The van der Waals surface area contributed by atoms with Gasteiger partial charge in [0.25, 0.3) is 0 Å². The Labute approximate surface area is 129 Å². The Balaban J connectivity index is 1.87. The third-order valence-corrected chi connectivity index (χ3v) is 4.44. The Hall–Kier alpha value is -2.17. The summed E-state index contributed by atoms with van der Waals surface area (Å²) in [7, 11) is 0. The largest absolute Gasteiger partial charge is 0.426 e. The van der Waals surface area contributed by atoms with Crippen molar-refractivity contribution in [2.75, 3.05) is 4.90 Å². The SMILES string of the molecule is CCC(=O)Oc1cccc(N2C(=O)C3CCCCC3C2=O)c1. The second kappa shape index (κ2) is 5.91. The third-order valence-electron chi connectivity index (χ3n) is 4.44. The van der Waals surface area contributed by atoms with Gasteiger partial charge >= 0.3 is 5.97 Å². The molecule has 116 valence electrons. The minimum atomic E-state index is -0.343. The lowest BCUT2D eigenvalue weighted by Gasteiger charge is -2.19. The van der Waals surface area contributed by atoms with E-state index in [4.69, 9.17) is 4.74 Å². The number of hydrogen-bond donors (Lipinski definition) is 0. The molecule has 2 atom stereocenters. The lowest BCUT2D eigenvalue weighted by atomic mass is 9.81. The zero-order valence-corrected chi connectivity index (χ0v) is 12.6. The highest BCUT2D eigenvalue weighted by molar-refractivity contribution is 6.22. The number of carbonyl (C=O) groups is 3. The second-order valence-electron chi connectivity index (χ2n) is 5.83. The molecule has 2 aliphatic rings. The van der Waals surface area contributed by atoms with Gasteiger partial charge in [-0.05, 0) is 25.0 Å². The van der Waals surface area contributed by atoms with Crippen molar-refractivity contribution >= 4 is 23.5 Å². The number of anilines is 1. The number of ether oxygens (including phenoxy) is 1. The summed E-state index contributed by atoms with van der Waals surface area (Å²) >= 11 is 0. The number of esters is 1. The van der Waals surface area contributed by atoms with E-state index in [0.29, 0.717) is 11.4 Å². The average Bonchev–Trinajstić information content (AvgIpc) is 2.79. The zero-order valence-electron chi connectivity index (χ0n) is 12.6. The maximum absolute atomic E-state index is 12.5. The van der Waals surface area contributed by atoms with Crippen LogP contribution in [0.2, 0.25) is 0 Å². The van der Waals surface area contributed by atoms with Crippen LogP contribution in [0.3, 0.4) is 0 Å². The van der Waals surface area contributed by atoms with Crippen molar-refractivity contribution in [1.29, 1.82) is 0 Å². The van der Waals surface area contributed by atoms with Gasteiger partial charge in [0.05, 0.1) is 17.5 Å². The van der Waals surface area contributed by atoms with Gasteiger partial charge in [-0.15, -0.1) is 0 Å². The zero-order chi connectivity index (χ0) is 15.7. The van der Waals surface area contributed by atoms with E-state index in [2.05, 4.69) is 0 Å². The average molecular weight is 301 g/mol. The number of carbonyl (C=O) groups excluding carboxylic acids is 3. The molecular formula is C17H19NO4. The van der Waals surface area contributed by atoms with E-state index in [1.54, 1.807) is 31.2 Å². The number of hydrogen-bond acceptors (Lipinski definition) is 4. The quantitative estimate of drug-likeness (QED) is 0.489. The van der Waals surface area contributed by atoms with Crippen molar-refractivity contribution in [2.45, 2.75) is 39.0 Å². The maximum Gasteiger partial charge on any atom is 0.310 e. The highest BCUT2D eigenvalue weighted by Crippen LogP contribution is 2.40. The van der Waals surface area contributed by atoms with Gasteiger partial charge in [-0.1, -0.05) is 25.8 Å². The first-order valence-electron chi connectivity index (χ1n) is 7.80. The molecular weight excluding hydrogens is 282 g/mol. The maximum atomic E-state index is 12.5. The highest BCUT2D eigenvalue weighted by Gasteiger charge is 2.48. The van der Waals surface area contributed by atoms with Crippen LogP contribution in [0.4, 0.5) is 5.69 Å². The van der Waals surface area contributed by atoms with Gasteiger partial charge in [-0.25, -0.2) is 4.90 Å². The van der Waals surface area contributed by atoms with Gasteiger partial charge in [0, 0.05) is 12.5 Å². The van der Waals surface area contributed by atoms with Crippen LogP contribution in [-0.2, 0) is 14.4 Å². The first-order chi connectivity index (χ1) is 10.6. The van der Waals surface area contributed by atoms with Gasteiger partial charge in [0.2, 0.25) is 11.8 Å². The Kier molecular flexibility index (Phi) is 3.96. The monoisotopic (exact) mass is 301 g/mol. The molecule has 0 bridgehead atoms. The molecule has 1 heterocycles. The van der Waals surface area contributed by atoms with E-state index in [1.165, 1.54) is 4.90 Å². The number of rotatable bonds is 3. The molecule has 1 aliphatic heterocycles. The lowest BCUT2D eigenvalue weighted by Crippen LogP contribution is -2.30. The number of benzene rings is 1. The van der Waals surface area contributed by atoms with E-state index < -0.39 is 0 Å². The molecule has 2 fully saturated rings. The summed E-state index contributed by atoms with van der Waals surface area (Å²) in [6.07, 6.45) is 3.85. The van der Waals surface area contributed by atoms with Crippen LogP contribution in [0.25, 0.3) is 0 Å². The molecule has 0 radical (unpaired) electrons. The minimum absolute atomic E-state index is 0.117. The van der Waals surface area contributed by atoms with Crippen molar-refractivity contribution in [1.82, 2.24) is 0 Å². The molecule has 5 heteroatoms.